The molecule has 1 aliphatic heterocycles. The third-order valence-corrected chi connectivity index (χ3v) is 5.46. The SMILES string of the molecule is CCN1C(=O)c2ccc(C(=O)NCC(OC)C(=O)O)cc2S1(=O)=O. The van der Waals surface area contributed by atoms with Gasteiger partial charge in [0.2, 0.25) is 0 Å². The average molecular weight is 356 g/mol. The Labute approximate surface area is 138 Å². The zero-order valence-corrected chi connectivity index (χ0v) is 13.8. The molecule has 2 rings (SSSR count). The van der Waals surface area contributed by atoms with Crippen molar-refractivity contribution in [2.45, 2.75) is 17.9 Å². The number of ether oxygens (including phenoxy) is 1. The largest absolute Gasteiger partial charge is 0.479 e. The lowest BCUT2D eigenvalue weighted by Crippen LogP contribution is -2.37. The van der Waals surface area contributed by atoms with Crippen molar-refractivity contribution in [2.24, 2.45) is 0 Å². The molecule has 1 aliphatic rings. The van der Waals surface area contributed by atoms with E-state index in [9.17, 15) is 22.8 Å². The van der Waals surface area contributed by atoms with Gasteiger partial charge in [0, 0.05) is 19.2 Å². The van der Waals surface area contributed by atoms with E-state index in [1.54, 1.807) is 0 Å². The highest BCUT2D eigenvalue weighted by atomic mass is 32.2. The van der Waals surface area contributed by atoms with E-state index in [1.807, 2.05) is 0 Å². The first-order valence-electron chi connectivity index (χ1n) is 6.99. The number of benzene rings is 1. The number of fused-ring (bicyclic) bond motifs is 1. The van der Waals surface area contributed by atoms with Crippen molar-refractivity contribution in [1.82, 2.24) is 9.62 Å². The molecule has 0 saturated heterocycles. The van der Waals surface area contributed by atoms with Crippen molar-refractivity contribution in [2.75, 3.05) is 20.2 Å². The third-order valence-electron chi connectivity index (χ3n) is 3.56. The van der Waals surface area contributed by atoms with Crippen molar-refractivity contribution < 1.29 is 32.6 Å². The van der Waals surface area contributed by atoms with Gasteiger partial charge in [0.1, 0.15) is 4.90 Å². The van der Waals surface area contributed by atoms with Crippen LogP contribution in [-0.2, 0) is 19.6 Å². The van der Waals surface area contributed by atoms with Crippen LogP contribution in [0, 0.1) is 0 Å². The van der Waals surface area contributed by atoms with Crippen molar-refractivity contribution >= 4 is 27.8 Å². The van der Waals surface area contributed by atoms with Crippen LogP contribution in [0.1, 0.15) is 27.6 Å². The molecule has 0 fully saturated rings. The maximum Gasteiger partial charge on any atom is 0.334 e. The topological polar surface area (TPSA) is 130 Å². The highest BCUT2D eigenvalue weighted by Crippen LogP contribution is 2.30. The maximum atomic E-state index is 12.3. The van der Waals surface area contributed by atoms with Gasteiger partial charge >= 0.3 is 5.97 Å². The standard InChI is InChI=1S/C14H16N2O7S/c1-3-16-13(18)9-5-4-8(6-11(9)24(16,21)22)12(17)15-7-10(23-2)14(19)20/h4-6,10H,3,7H2,1-2H3,(H,15,17)(H,19,20). The van der Waals surface area contributed by atoms with Crippen LogP contribution >= 0.6 is 0 Å². The monoisotopic (exact) mass is 356 g/mol. The second kappa shape index (κ2) is 6.57. The second-order valence-corrected chi connectivity index (χ2v) is 6.79. The van der Waals surface area contributed by atoms with E-state index in [4.69, 9.17) is 5.11 Å². The van der Waals surface area contributed by atoms with Gasteiger partial charge in [-0.2, -0.15) is 0 Å². The molecule has 0 spiro atoms. The number of nitrogens with zero attached hydrogens (tertiary/aromatic N) is 1. The average Bonchev–Trinajstić information content (AvgIpc) is 2.73. The molecule has 1 aromatic rings. The smallest absolute Gasteiger partial charge is 0.334 e. The van der Waals surface area contributed by atoms with Crippen molar-refractivity contribution in [1.29, 1.82) is 0 Å². The number of amides is 2. The lowest BCUT2D eigenvalue weighted by Gasteiger charge is -2.12. The number of hydrogen-bond donors (Lipinski definition) is 2. The van der Waals surface area contributed by atoms with Crippen molar-refractivity contribution in [3.05, 3.63) is 29.3 Å². The van der Waals surface area contributed by atoms with Crippen molar-refractivity contribution in [3.63, 3.8) is 0 Å². The molecular formula is C14H16N2O7S. The first kappa shape index (κ1) is 17.9. The summed E-state index contributed by atoms with van der Waals surface area (Å²) >= 11 is 0. The van der Waals surface area contributed by atoms with Crippen LogP contribution in [0.15, 0.2) is 23.1 Å². The minimum atomic E-state index is -3.97. The summed E-state index contributed by atoms with van der Waals surface area (Å²) in [6, 6.07) is 3.68. The summed E-state index contributed by atoms with van der Waals surface area (Å²) in [7, 11) is -2.77. The highest BCUT2D eigenvalue weighted by Gasteiger charge is 2.40. The lowest BCUT2D eigenvalue weighted by atomic mass is 10.1. The predicted molar refractivity (Wildman–Crippen MR) is 81.1 cm³/mol. The number of methoxy groups -OCH3 is 1. The predicted octanol–water partition coefficient (Wildman–Crippen LogP) is -0.320. The molecule has 130 valence electrons. The quantitative estimate of drug-likeness (QED) is 0.714. The Kier molecular flexibility index (Phi) is 4.90. The summed E-state index contributed by atoms with van der Waals surface area (Å²) in [6.45, 7) is 1.24. The minimum absolute atomic E-state index is 0.00307. The fraction of sp³-hybridized carbons (Fsp3) is 0.357. The number of nitrogens with one attached hydrogen (secondary N) is 1. The van der Waals surface area contributed by atoms with Crippen LogP contribution in [0.5, 0.6) is 0 Å². The van der Waals surface area contributed by atoms with E-state index >= 15 is 0 Å². The van der Waals surface area contributed by atoms with Gasteiger partial charge in [-0.15, -0.1) is 0 Å². The van der Waals surface area contributed by atoms with Gasteiger partial charge < -0.3 is 15.2 Å². The summed E-state index contributed by atoms with van der Waals surface area (Å²) in [5.74, 6) is -2.54. The summed E-state index contributed by atoms with van der Waals surface area (Å²) in [4.78, 5) is 34.7. The Balaban J connectivity index is 2.26. The number of hydrogen-bond acceptors (Lipinski definition) is 6. The number of rotatable bonds is 6. The third kappa shape index (κ3) is 2.97. The van der Waals surface area contributed by atoms with Crippen LogP contribution < -0.4 is 5.32 Å². The molecule has 9 nitrogen and oxygen atoms in total. The van der Waals surface area contributed by atoms with Crippen LogP contribution in [0.4, 0.5) is 0 Å². The van der Waals surface area contributed by atoms with E-state index in [0.29, 0.717) is 0 Å². The normalized spacial score (nSPS) is 16.6. The molecular weight excluding hydrogens is 340 g/mol. The first-order chi connectivity index (χ1) is 11.2. The van der Waals surface area contributed by atoms with Crippen LogP contribution in [0.3, 0.4) is 0 Å². The number of carboxylic acid groups (broad SMARTS) is 1. The zero-order chi connectivity index (χ0) is 18.1. The summed E-state index contributed by atoms with van der Waals surface area (Å²) in [5, 5.41) is 11.2. The van der Waals surface area contributed by atoms with E-state index in [2.05, 4.69) is 10.1 Å². The van der Waals surface area contributed by atoms with Gasteiger partial charge in [-0.25, -0.2) is 17.5 Å². The molecule has 0 aliphatic carbocycles. The summed E-state index contributed by atoms with van der Waals surface area (Å²) < 4.78 is 30.0. The van der Waals surface area contributed by atoms with Crippen molar-refractivity contribution in [3.8, 4) is 0 Å². The second-order valence-electron chi connectivity index (χ2n) is 4.96. The molecule has 0 bridgehead atoms. The van der Waals surface area contributed by atoms with Gasteiger partial charge in [-0.3, -0.25) is 9.59 Å². The first-order valence-corrected chi connectivity index (χ1v) is 8.43. The van der Waals surface area contributed by atoms with E-state index in [-0.39, 0.29) is 29.1 Å². The minimum Gasteiger partial charge on any atom is -0.479 e. The molecule has 0 aromatic heterocycles. The number of aliphatic carboxylic acids is 1. The maximum absolute atomic E-state index is 12.3. The number of sulfonamides is 1. The molecule has 1 heterocycles. The van der Waals surface area contributed by atoms with E-state index < -0.39 is 33.9 Å². The zero-order valence-electron chi connectivity index (χ0n) is 13.0. The molecule has 1 aromatic carbocycles. The van der Waals surface area contributed by atoms with Crippen LogP contribution in [-0.4, -0.2) is 61.9 Å². The fourth-order valence-electron chi connectivity index (χ4n) is 2.29. The molecule has 2 N–H and O–H groups in total. The molecule has 0 radical (unpaired) electrons. The number of carbonyl (C=O) groups excluding carboxylic acids is 2. The molecule has 2 amide bonds. The molecule has 1 atom stereocenters. The highest BCUT2D eigenvalue weighted by molar-refractivity contribution is 7.90. The van der Waals surface area contributed by atoms with E-state index in [0.717, 1.165) is 10.4 Å². The number of carboxylic acids is 1. The van der Waals surface area contributed by atoms with Gasteiger partial charge in [0.05, 0.1) is 12.1 Å². The Hall–Kier alpha value is -2.46. The van der Waals surface area contributed by atoms with Gasteiger partial charge in [-0.1, -0.05) is 0 Å². The van der Waals surface area contributed by atoms with E-state index in [1.165, 1.54) is 26.2 Å². The Morgan fingerprint density at radius 2 is 2.04 bits per heavy atom. The molecule has 24 heavy (non-hydrogen) atoms. The van der Waals surface area contributed by atoms with Crippen LogP contribution in [0.2, 0.25) is 0 Å². The van der Waals surface area contributed by atoms with Gasteiger partial charge in [0.25, 0.3) is 21.8 Å². The lowest BCUT2D eigenvalue weighted by molar-refractivity contribution is -0.148. The molecule has 1 unspecified atom stereocenters. The molecule has 0 saturated carbocycles. The Morgan fingerprint density at radius 1 is 1.38 bits per heavy atom. The van der Waals surface area contributed by atoms with Gasteiger partial charge in [-0.05, 0) is 25.1 Å². The molecule has 10 heteroatoms. The van der Waals surface area contributed by atoms with Gasteiger partial charge in [0.15, 0.2) is 6.10 Å². The Bertz CT molecular complexity index is 803. The summed E-state index contributed by atoms with van der Waals surface area (Å²) in [6.07, 6.45) is -1.22. The number of carbonyl (C=O) groups is 3. The fourth-order valence-corrected chi connectivity index (χ4v) is 3.89. The van der Waals surface area contributed by atoms with Crippen LogP contribution in [0.25, 0.3) is 0 Å². The Morgan fingerprint density at radius 3 is 2.58 bits per heavy atom. The summed E-state index contributed by atoms with van der Waals surface area (Å²) in [5.41, 5.74) is 0.0111.